The molecule has 4 heteroatoms. The molecule has 0 aromatic heterocycles. The SMILES string of the molecule is COCCN(CC(C(=O)O)c1ccccc1)C(C)C. The van der Waals surface area contributed by atoms with Gasteiger partial charge in [0.25, 0.3) is 0 Å². The highest BCUT2D eigenvalue weighted by Crippen LogP contribution is 2.18. The lowest BCUT2D eigenvalue weighted by Gasteiger charge is -2.29. The molecule has 0 saturated carbocycles. The molecule has 4 nitrogen and oxygen atoms in total. The Morgan fingerprint density at radius 2 is 1.95 bits per heavy atom. The molecule has 0 aliphatic heterocycles. The van der Waals surface area contributed by atoms with Gasteiger partial charge in [-0.05, 0) is 19.4 Å². The van der Waals surface area contributed by atoms with Gasteiger partial charge in [-0.2, -0.15) is 0 Å². The lowest BCUT2D eigenvalue weighted by atomic mass is 9.98. The largest absolute Gasteiger partial charge is 0.481 e. The number of hydrogen-bond acceptors (Lipinski definition) is 3. The van der Waals surface area contributed by atoms with Gasteiger partial charge in [-0.25, -0.2) is 0 Å². The summed E-state index contributed by atoms with van der Waals surface area (Å²) in [7, 11) is 1.66. The Kier molecular flexibility index (Phi) is 6.53. The maximum Gasteiger partial charge on any atom is 0.312 e. The lowest BCUT2D eigenvalue weighted by Crippen LogP contribution is -2.39. The molecule has 1 rings (SSSR count). The molecule has 0 saturated heterocycles. The van der Waals surface area contributed by atoms with E-state index in [1.807, 2.05) is 30.3 Å². The topological polar surface area (TPSA) is 49.8 Å². The van der Waals surface area contributed by atoms with Gasteiger partial charge < -0.3 is 9.84 Å². The molecule has 0 bridgehead atoms. The van der Waals surface area contributed by atoms with Crippen LogP contribution in [0.25, 0.3) is 0 Å². The van der Waals surface area contributed by atoms with Crippen molar-refractivity contribution in [1.29, 1.82) is 0 Å². The number of carboxylic acids is 1. The van der Waals surface area contributed by atoms with Gasteiger partial charge in [0.2, 0.25) is 0 Å². The minimum atomic E-state index is -0.783. The Hall–Kier alpha value is -1.39. The molecular formula is C15H23NO3. The second-order valence-electron chi connectivity index (χ2n) is 4.88. The van der Waals surface area contributed by atoms with Crippen LogP contribution in [0.15, 0.2) is 30.3 Å². The number of benzene rings is 1. The Morgan fingerprint density at radius 3 is 2.42 bits per heavy atom. The standard InChI is InChI=1S/C15H23NO3/c1-12(2)16(9-10-19-3)11-14(15(17)18)13-7-5-4-6-8-13/h4-8,12,14H,9-11H2,1-3H3,(H,17,18). The third-order valence-electron chi connectivity index (χ3n) is 3.23. The first kappa shape index (κ1) is 15.7. The first-order valence-electron chi connectivity index (χ1n) is 6.57. The van der Waals surface area contributed by atoms with E-state index in [-0.39, 0.29) is 0 Å². The van der Waals surface area contributed by atoms with Gasteiger partial charge >= 0.3 is 5.97 Å². The molecule has 1 unspecified atom stereocenters. The van der Waals surface area contributed by atoms with Crippen molar-refractivity contribution in [3.8, 4) is 0 Å². The van der Waals surface area contributed by atoms with Crippen molar-refractivity contribution in [2.45, 2.75) is 25.8 Å². The summed E-state index contributed by atoms with van der Waals surface area (Å²) in [4.78, 5) is 13.6. The average Bonchev–Trinajstić information content (AvgIpc) is 2.39. The maximum atomic E-state index is 11.5. The molecule has 0 aliphatic rings. The molecule has 19 heavy (non-hydrogen) atoms. The van der Waals surface area contributed by atoms with Crippen molar-refractivity contribution in [2.75, 3.05) is 26.8 Å². The van der Waals surface area contributed by atoms with E-state index < -0.39 is 11.9 Å². The van der Waals surface area contributed by atoms with E-state index in [1.54, 1.807) is 7.11 Å². The van der Waals surface area contributed by atoms with Crippen LogP contribution >= 0.6 is 0 Å². The van der Waals surface area contributed by atoms with Crippen molar-refractivity contribution in [3.63, 3.8) is 0 Å². The quantitative estimate of drug-likeness (QED) is 0.783. The molecular weight excluding hydrogens is 242 g/mol. The van der Waals surface area contributed by atoms with Crippen LogP contribution in [-0.4, -0.2) is 48.8 Å². The number of rotatable bonds is 8. The molecule has 1 atom stereocenters. The van der Waals surface area contributed by atoms with E-state index in [0.29, 0.717) is 19.2 Å². The van der Waals surface area contributed by atoms with Crippen LogP contribution in [0.1, 0.15) is 25.3 Å². The zero-order chi connectivity index (χ0) is 14.3. The Balaban J connectivity index is 2.79. The fourth-order valence-corrected chi connectivity index (χ4v) is 2.01. The molecule has 0 fully saturated rings. The molecule has 0 radical (unpaired) electrons. The number of carbonyl (C=O) groups is 1. The molecule has 0 spiro atoms. The molecule has 0 amide bonds. The van der Waals surface area contributed by atoms with E-state index >= 15 is 0 Å². The number of carboxylic acid groups (broad SMARTS) is 1. The second kappa shape index (κ2) is 7.92. The highest BCUT2D eigenvalue weighted by molar-refractivity contribution is 5.76. The summed E-state index contributed by atoms with van der Waals surface area (Å²) in [5.41, 5.74) is 0.845. The van der Waals surface area contributed by atoms with Crippen LogP contribution in [0.4, 0.5) is 0 Å². The minimum absolute atomic E-state index is 0.292. The monoisotopic (exact) mass is 265 g/mol. The summed E-state index contributed by atoms with van der Waals surface area (Å²) in [6.07, 6.45) is 0. The fourth-order valence-electron chi connectivity index (χ4n) is 2.01. The summed E-state index contributed by atoms with van der Waals surface area (Å²) < 4.78 is 5.08. The number of aliphatic carboxylic acids is 1. The van der Waals surface area contributed by atoms with E-state index in [2.05, 4.69) is 18.7 Å². The van der Waals surface area contributed by atoms with Crippen molar-refractivity contribution < 1.29 is 14.6 Å². The van der Waals surface area contributed by atoms with Gasteiger partial charge in [-0.15, -0.1) is 0 Å². The van der Waals surface area contributed by atoms with Crippen LogP contribution < -0.4 is 0 Å². The summed E-state index contributed by atoms with van der Waals surface area (Å²) in [6.45, 7) is 5.99. The highest BCUT2D eigenvalue weighted by atomic mass is 16.5. The Bertz CT molecular complexity index is 378. The van der Waals surface area contributed by atoms with Crippen LogP contribution in [0.2, 0.25) is 0 Å². The normalized spacial score (nSPS) is 12.9. The van der Waals surface area contributed by atoms with Crippen LogP contribution in [0, 0.1) is 0 Å². The molecule has 106 valence electrons. The first-order valence-corrected chi connectivity index (χ1v) is 6.57. The van der Waals surface area contributed by atoms with Crippen LogP contribution in [0.5, 0.6) is 0 Å². The summed E-state index contributed by atoms with van der Waals surface area (Å²) in [5.74, 6) is -1.28. The van der Waals surface area contributed by atoms with Crippen LogP contribution in [0.3, 0.4) is 0 Å². The number of methoxy groups -OCH3 is 1. The predicted molar refractivity (Wildman–Crippen MR) is 75.4 cm³/mol. The number of nitrogens with zero attached hydrogens (tertiary/aromatic N) is 1. The number of ether oxygens (including phenoxy) is 1. The van der Waals surface area contributed by atoms with E-state index in [0.717, 1.165) is 12.1 Å². The van der Waals surface area contributed by atoms with Crippen molar-refractivity contribution >= 4 is 5.97 Å². The average molecular weight is 265 g/mol. The first-order chi connectivity index (χ1) is 9.06. The predicted octanol–water partition coefficient (Wildman–Crippen LogP) is 2.21. The van der Waals surface area contributed by atoms with E-state index in [9.17, 15) is 9.90 Å². The number of hydrogen-bond donors (Lipinski definition) is 1. The summed E-state index contributed by atoms with van der Waals surface area (Å²) >= 11 is 0. The third-order valence-corrected chi connectivity index (χ3v) is 3.23. The van der Waals surface area contributed by atoms with Crippen molar-refractivity contribution in [2.24, 2.45) is 0 Å². The van der Waals surface area contributed by atoms with Gasteiger partial charge in [-0.1, -0.05) is 30.3 Å². The van der Waals surface area contributed by atoms with Gasteiger partial charge in [0.15, 0.2) is 0 Å². The maximum absolute atomic E-state index is 11.5. The fraction of sp³-hybridized carbons (Fsp3) is 0.533. The second-order valence-corrected chi connectivity index (χ2v) is 4.88. The van der Waals surface area contributed by atoms with Gasteiger partial charge in [0.05, 0.1) is 12.5 Å². The molecule has 1 aromatic carbocycles. The molecule has 1 N–H and O–H groups in total. The lowest BCUT2D eigenvalue weighted by molar-refractivity contribution is -0.139. The minimum Gasteiger partial charge on any atom is -0.481 e. The van der Waals surface area contributed by atoms with Gasteiger partial charge in [-0.3, -0.25) is 9.69 Å². The summed E-state index contributed by atoms with van der Waals surface area (Å²) in [6, 6.07) is 9.68. The van der Waals surface area contributed by atoms with Crippen molar-refractivity contribution in [3.05, 3.63) is 35.9 Å². The molecule has 1 aromatic rings. The molecule has 0 aliphatic carbocycles. The Labute approximate surface area is 115 Å². The molecule has 0 heterocycles. The van der Waals surface area contributed by atoms with E-state index in [1.165, 1.54) is 0 Å². The Morgan fingerprint density at radius 1 is 1.32 bits per heavy atom. The van der Waals surface area contributed by atoms with Crippen LogP contribution in [-0.2, 0) is 9.53 Å². The highest BCUT2D eigenvalue weighted by Gasteiger charge is 2.23. The summed E-state index contributed by atoms with van der Waals surface area (Å²) in [5, 5.41) is 9.42. The van der Waals surface area contributed by atoms with Gasteiger partial charge in [0.1, 0.15) is 0 Å². The zero-order valence-corrected chi connectivity index (χ0v) is 11.9. The third kappa shape index (κ3) is 5.01. The van der Waals surface area contributed by atoms with Crippen molar-refractivity contribution in [1.82, 2.24) is 4.90 Å². The van der Waals surface area contributed by atoms with E-state index in [4.69, 9.17) is 4.74 Å². The smallest absolute Gasteiger partial charge is 0.312 e. The van der Waals surface area contributed by atoms with Gasteiger partial charge in [0, 0.05) is 26.2 Å². The zero-order valence-electron chi connectivity index (χ0n) is 11.9.